The number of imidazole rings is 1. The van der Waals surface area contributed by atoms with Gasteiger partial charge in [-0.05, 0) is 41.5 Å². The number of nitrogens with one attached hydrogen (secondary N) is 1. The quantitative estimate of drug-likeness (QED) is 0.432. The molecule has 0 aliphatic rings. The van der Waals surface area contributed by atoms with E-state index in [1.54, 1.807) is 0 Å². The third-order valence-corrected chi connectivity index (χ3v) is 4.77. The van der Waals surface area contributed by atoms with Crippen LogP contribution in [0.4, 0.5) is 26.3 Å². The molecule has 4 rings (SSSR count). The lowest BCUT2D eigenvalue weighted by atomic mass is 10.0. The molecule has 0 aliphatic heterocycles. The predicted molar refractivity (Wildman–Crippen MR) is 101 cm³/mol. The van der Waals surface area contributed by atoms with Crippen LogP contribution in [0.1, 0.15) is 16.7 Å². The standard InChI is InChI=1S/C21H13F6N3O/c22-20(23,24)15-6-4-12(5-7-15)11-30-17-9-14(10-28-18(17)29-19(30)31)13-2-1-3-16(8-13)21(25,26)27/h1-10H,11H2,(H,28,29,31). The first-order valence-corrected chi connectivity index (χ1v) is 8.95. The van der Waals surface area contributed by atoms with Gasteiger partial charge in [-0.1, -0.05) is 24.3 Å². The second kappa shape index (κ2) is 7.29. The minimum Gasteiger partial charge on any atom is -0.290 e. The highest BCUT2D eigenvalue weighted by atomic mass is 19.4. The van der Waals surface area contributed by atoms with Gasteiger partial charge < -0.3 is 0 Å². The van der Waals surface area contributed by atoms with Crippen molar-refractivity contribution in [2.75, 3.05) is 0 Å². The lowest BCUT2D eigenvalue weighted by Gasteiger charge is -2.10. The van der Waals surface area contributed by atoms with Crippen LogP contribution in [0.3, 0.4) is 0 Å². The van der Waals surface area contributed by atoms with Crippen LogP contribution in [-0.4, -0.2) is 14.5 Å². The number of benzene rings is 2. The molecule has 2 aromatic heterocycles. The summed E-state index contributed by atoms with van der Waals surface area (Å²) in [5.41, 5.74) is -0.563. The molecule has 160 valence electrons. The maximum Gasteiger partial charge on any atom is 0.416 e. The average Bonchev–Trinajstić information content (AvgIpc) is 3.02. The Morgan fingerprint density at radius 3 is 2.16 bits per heavy atom. The molecule has 0 aliphatic carbocycles. The number of aromatic amines is 1. The molecular formula is C21H13F6N3O. The van der Waals surface area contributed by atoms with Crippen molar-refractivity contribution in [2.45, 2.75) is 18.9 Å². The zero-order valence-corrected chi connectivity index (χ0v) is 15.6. The predicted octanol–water partition coefficient (Wildman–Crippen LogP) is 5.48. The molecule has 31 heavy (non-hydrogen) atoms. The number of rotatable bonds is 3. The molecule has 4 aromatic rings. The SMILES string of the molecule is O=c1[nH]c2ncc(-c3cccc(C(F)(F)F)c3)cc2n1Cc1ccc(C(F)(F)F)cc1. The molecule has 0 bridgehead atoms. The summed E-state index contributed by atoms with van der Waals surface area (Å²) in [5, 5.41) is 0. The van der Waals surface area contributed by atoms with Crippen LogP contribution in [0.5, 0.6) is 0 Å². The summed E-state index contributed by atoms with van der Waals surface area (Å²) >= 11 is 0. The molecule has 0 atom stereocenters. The summed E-state index contributed by atoms with van der Waals surface area (Å²) in [7, 11) is 0. The number of nitrogens with zero attached hydrogens (tertiary/aromatic N) is 2. The van der Waals surface area contributed by atoms with E-state index in [1.807, 2.05) is 0 Å². The smallest absolute Gasteiger partial charge is 0.290 e. The van der Waals surface area contributed by atoms with Gasteiger partial charge in [0.25, 0.3) is 0 Å². The fourth-order valence-electron chi connectivity index (χ4n) is 3.21. The molecule has 0 spiro atoms. The van der Waals surface area contributed by atoms with E-state index in [-0.39, 0.29) is 17.8 Å². The van der Waals surface area contributed by atoms with Crippen LogP contribution in [0.15, 0.2) is 65.6 Å². The van der Waals surface area contributed by atoms with Gasteiger partial charge in [0.15, 0.2) is 5.65 Å². The Labute approximate surface area is 170 Å². The number of hydrogen-bond donors (Lipinski definition) is 1. The Balaban J connectivity index is 1.73. The summed E-state index contributed by atoms with van der Waals surface area (Å²) in [6.45, 7) is -0.0370. The van der Waals surface area contributed by atoms with Crippen molar-refractivity contribution in [1.29, 1.82) is 0 Å². The molecular weight excluding hydrogens is 424 g/mol. The van der Waals surface area contributed by atoms with Crippen LogP contribution >= 0.6 is 0 Å². The van der Waals surface area contributed by atoms with E-state index in [0.29, 0.717) is 16.6 Å². The topological polar surface area (TPSA) is 50.7 Å². The summed E-state index contributed by atoms with van der Waals surface area (Å²) in [6.07, 6.45) is -7.64. The second-order valence-electron chi connectivity index (χ2n) is 6.88. The molecule has 10 heteroatoms. The van der Waals surface area contributed by atoms with Crippen LogP contribution in [0, 0.1) is 0 Å². The Bertz CT molecular complexity index is 1300. The van der Waals surface area contributed by atoms with Gasteiger partial charge in [0.2, 0.25) is 0 Å². The molecule has 0 radical (unpaired) electrons. The van der Waals surface area contributed by atoms with Crippen LogP contribution in [-0.2, 0) is 18.9 Å². The van der Waals surface area contributed by atoms with Gasteiger partial charge in [0.1, 0.15) is 0 Å². The highest BCUT2D eigenvalue weighted by Gasteiger charge is 2.31. The molecule has 2 heterocycles. The fraction of sp³-hybridized carbons (Fsp3) is 0.143. The van der Waals surface area contributed by atoms with Crippen molar-refractivity contribution >= 4 is 11.2 Å². The number of pyridine rings is 1. The van der Waals surface area contributed by atoms with Crippen LogP contribution in [0.25, 0.3) is 22.3 Å². The van der Waals surface area contributed by atoms with Crippen LogP contribution < -0.4 is 5.69 Å². The minimum atomic E-state index is -4.51. The maximum absolute atomic E-state index is 13.0. The number of fused-ring (bicyclic) bond motifs is 1. The fourth-order valence-corrected chi connectivity index (χ4v) is 3.21. The first-order valence-electron chi connectivity index (χ1n) is 8.95. The van der Waals surface area contributed by atoms with Crippen molar-refractivity contribution in [2.24, 2.45) is 0 Å². The van der Waals surface area contributed by atoms with Gasteiger partial charge >= 0.3 is 18.0 Å². The van der Waals surface area contributed by atoms with E-state index in [2.05, 4.69) is 9.97 Å². The lowest BCUT2D eigenvalue weighted by Crippen LogP contribution is -2.17. The molecule has 2 aromatic carbocycles. The van der Waals surface area contributed by atoms with E-state index in [1.165, 1.54) is 41.1 Å². The van der Waals surface area contributed by atoms with Gasteiger partial charge in [0.05, 0.1) is 23.2 Å². The molecule has 0 unspecified atom stereocenters. The molecule has 4 nitrogen and oxygen atoms in total. The molecule has 0 saturated heterocycles. The largest absolute Gasteiger partial charge is 0.416 e. The van der Waals surface area contributed by atoms with E-state index in [0.717, 1.165) is 24.3 Å². The molecule has 0 fully saturated rings. The van der Waals surface area contributed by atoms with Crippen LogP contribution in [0.2, 0.25) is 0 Å². The van der Waals surface area contributed by atoms with E-state index in [4.69, 9.17) is 0 Å². The lowest BCUT2D eigenvalue weighted by molar-refractivity contribution is -0.138. The maximum atomic E-state index is 13.0. The molecule has 0 saturated carbocycles. The number of hydrogen-bond acceptors (Lipinski definition) is 2. The van der Waals surface area contributed by atoms with E-state index in [9.17, 15) is 31.1 Å². The first kappa shape index (κ1) is 20.7. The number of alkyl halides is 6. The Morgan fingerprint density at radius 2 is 1.52 bits per heavy atom. The summed E-state index contributed by atoms with van der Waals surface area (Å²) < 4.78 is 78.5. The van der Waals surface area contributed by atoms with Crippen molar-refractivity contribution in [3.8, 4) is 11.1 Å². The molecule has 0 amide bonds. The summed E-state index contributed by atoms with van der Waals surface area (Å²) in [4.78, 5) is 19.0. The zero-order chi connectivity index (χ0) is 22.4. The normalized spacial score (nSPS) is 12.5. The number of H-pyrrole nitrogens is 1. The molecule has 1 N–H and O–H groups in total. The average molecular weight is 437 g/mol. The van der Waals surface area contributed by atoms with Gasteiger partial charge in [-0.25, -0.2) is 9.78 Å². The van der Waals surface area contributed by atoms with E-state index < -0.39 is 29.2 Å². The Kier molecular flexibility index (Phi) is 4.87. The first-order chi connectivity index (χ1) is 14.5. The van der Waals surface area contributed by atoms with Crippen molar-refractivity contribution in [3.63, 3.8) is 0 Å². The summed E-state index contributed by atoms with van der Waals surface area (Å²) in [5.74, 6) is 0. The second-order valence-corrected chi connectivity index (χ2v) is 6.88. The van der Waals surface area contributed by atoms with Crippen molar-refractivity contribution < 1.29 is 26.3 Å². The monoisotopic (exact) mass is 437 g/mol. The Hall–Kier alpha value is -3.56. The number of halogens is 6. The van der Waals surface area contributed by atoms with Gasteiger partial charge in [0, 0.05) is 11.8 Å². The summed E-state index contributed by atoms with van der Waals surface area (Å²) in [6, 6.07) is 10.6. The van der Waals surface area contributed by atoms with Gasteiger partial charge in [-0.15, -0.1) is 0 Å². The van der Waals surface area contributed by atoms with Gasteiger partial charge in [-0.3, -0.25) is 9.55 Å². The van der Waals surface area contributed by atoms with E-state index >= 15 is 0 Å². The number of aromatic nitrogens is 3. The van der Waals surface area contributed by atoms with Gasteiger partial charge in [-0.2, -0.15) is 26.3 Å². The van der Waals surface area contributed by atoms with Crippen molar-refractivity contribution in [3.05, 3.63) is 88.0 Å². The Morgan fingerprint density at radius 1 is 0.839 bits per heavy atom. The third-order valence-electron chi connectivity index (χ3n) is 4.77. The minimum absolute atomic E-state index is 0.0370. The third kappa shape index (κ3) is 4.18. The zero-order valence-electron chi connectivity index (χ0n) is 15.6. The van der Waals surface area contributed by atoms with Crippen molar-refractivity contribution in [1.82, 2.24) is 14.5 Å². The highest BCUT2D eigenvalue weighted by Crippen LogP contribution is 2.33. The highest BCUT2D eigenvalue weighted by molar-refractivity contribution is 5.78.